The fourth-order valence-corrected chi connectivity index (χ4v) is 3.07. The van der Waals surface area contributed by atoms with Crippen LogP contribution in [0, 0.1) is 5.92 Å². The maximum atomic E-state index is 12.8. The second-order valence-electron chi connectivity index (χ2n) is 4.88. The molecule has 1 aliphatic carbocycles. The average Bonchev–Trinajstić information content (AvgIpc) is 2.80. The van der Waals surface area contributed by atoms with Crippen molar-refractivity contribution < 1.29 is 13.2 Å². The van der Waals surface area contributed by atoms with Crippen LogP contribution in [0.25, 0.3) is 0 Å². The van der Waals surface area contributed by atoms with Crippen molar-refractivity contribution >= 4 is 11.6 Å². The molecule has 0 aromatic heterocycles. The van der Waals surface area contributed by atoms with Gasteiger partial charge in [0.2, 0.25) is 0 Å². The lowest BCUT2D eigenvalue weighted by molar-refractivity contribution is -0.137. The van der Waals surface area contributed by atoms with E-state index in [-0.39, 0.29) is 10.4 Å². The molecule has 5 heteroatoms. The first-order chi connectivity index (χ1) is 7.93. The van der Waals surface area contributed by atoms with Crippen LogP contribution in [0.5, 0.6) is 0 Å². The topological polar surface area (TPSA) is 12.0 Å². The summed E-state index contributed by atoms with van der Waals surface area (Å²) in [4.78, 5) is 0. The Bertz CT molecular complexity index is 471. The fraction of sp³-hybridized carbons (Fsp3) is 0.500. The van der Waals surface area contributed by atoms with Crippen molar-refractivity contribution in [3.63, 3.8) is 0 Å². The standard InChI is InChI=1S/C12H11ClF3N/c13-10-2-1-7(3-9(10)12(14,15)16)11-4-8(11)5-17-6-11/h1-3,8,17H,4-6H2/t8?,11-/m0/s1. The number of piperidine rings is 1. The lowest BCUT2D eigenvalue weighted by atomic mass is 9.93. The summed E-state index contributed by atoms with van der Waals surface area (Å²) in [6.07, 6.45) is -3.39. The van der Waals surface area contributed by atoms with Crippen LogP contribution in [0.2, 0.25) is 5.02 Å². The summed E-state index contributed by atoms with van der Waals surface area (Å²) in [5.74, 6) is 0.491. The van der Waals surface area contributed by atoms with Crippen molar-refractivity contribution in [2.24, 2.45) is 5.92 Å². The highest BCUT2D eigenvalue weighted by molar-refractivity contribution is 6.31. The predicted octanol–water partition coefficient (Wildman–Crippen LogP) is 3.22. The Labute approximate surface area is 102 Å². The molecule has 1 N–H and O–H groups in total. The molecule has 2 aliphatic rings. The van der Waals surface area contributed by atoms with Crippen LogP contribution in [0.1, 0.15) is 17.5 Å². The van der Waals surface area contributed by atoms with Gasteiger partial charge in [-0.05, 0) is 36.6 Å². The normalized spacial score (nSPS) is 31.4. The van der Waals surface area contributed by atoms with Gasteiger partial charge in [-0.2, -0.15) is 13.2 Å². The van der Waals surface area contributed by atoms with Crippen molar-refractivity contribution in [1.29, 1.82) is 0 Å². The van der Waals surface area contributed by atoms with Gasteiger partial charge in [-0.1, -0.05) is 17.7 Å². The van der Waals surface area contributed by atoms with Crippen molar-refractivity contribution in [2.75, 3.05) is 13.1 Å². The zero-order chi connectivity index (χ0) is 12.3. The summed E-state index contributed by atoms with van der Waals surface area (Å²) in [6, 6.07) is 4.31. The summed E-state index contributed by atoms with van der Waals surface area (Å²) in [7, 11) is 0. The Balaban J connectivity index is 2.03. The molecule has 1 saturated carbocycles. The predicted molar refractivity (Wildman–Crippen MR) is 59.1 cm³/mol. The van der Waals surface area contributed by atoms with Gasteiger partial charge in [0, 0.05) is 12.0 Å². The summed E-state index contributed by atoms with van der Waals surface area (Å²) in [5.41, 5.74) is -0.0160. The minimum absolute atomic E-state index is 0.0649. The van der Waals surface area contributed by atoms with E-state index in [9.17, 15) is 13.2 Å². The molecule has 2 fully saturated rings. The summed E-state index contributed by atoms with van der Waals surface area (Å²) in [5, 5.41) is 3.00. The number of benzene rings is 1. The van der Waals surface area contributed by atoms with E-state index in [2.05, 4.69) is 5.32 Å². The minimum atomic E-state index is -4.37. The van der Waals surface area contributed by atoms with Gasteiger partial charge in [0.25, 0.3) is 0 Å². The molecule has 3 rings (SSSR count). The molecule has 17 heavy (non-hydrogen) atoms. The van der Waals surface area contributed by atoms with Gasteiger partial charge in [0.05, 0.1) is 10.6 Å². The number of hydrogen-bond donors (Lipinski definition) is 1. The smallest absolute Gasteiger partial charge is 0.316 e. The van der Waals surface area contributed by atoms with Crippen molar-refractivity contribution in [2.45, 2.75) is 18.0 Å². The zero-order valence-corrected chi connectivity index (χ0v) is 9.70. The van der Waals surface area contributed by atoms with Gasteiger partial charge in [-0.15, -0.1) is 0 Å². The quantitative estimate of drug-likeness (QED) is 0.819. The van der Waals surface area contributed by atoms with Crippen LogP contribution in [0.4, 0.5) is 13.2 Å². The Morgan fingerprint density at radius 1 is 1.35 bits per heavy atom. The van der Waals surface area contributed by atoms with Crippen LogP contribution in [0.15, 0.2) is 18.2 Å². The largest absolute Gasteiger partial charge is 0.417 e. The summed E-state index contributed by atoms with van der Waals surface area (Å²) < 4.78 is 38.3. The third-order valence-corrected chi connectivity index (χ3v) is 4.24. The first-order valence-electron chi connectivity index (χ1n) is 5.51. The van der Waals surface area contributed by atoms with Crippen molar-refractivity contribution in [1.82, 2.24) is 5.32 Å². The molecule has 1 aromatic rings. The number of halogens is 4. The number of nitrogens with one attached hydrogen (secondary N) is 1. The van der Waals surface area contributed by atoms with Gasteiger partial charge < -0.3 is 5.32 Å². The Morgan fingerprint density at radius 2 is 2.12 bits per heavy atom. The maximum absolute atomic E-state index is 12.8. The number of rotatable bonds is 1. The second-order valence-corrected chi connectivity index (χ2v) is 5.29. The minimum Gasteiger partial charge on any atom is -0.316 e. The molecular weight excluding hydrogens is 251 g/mol. The molecule has 2 atom stereocenters. The molecule has 1 aromatic carbocycles. The SMILES string of the molecule is FC(F)(F)c1cc([C@]23CNCC2C3)ccc1Cl. The van der Waals surface area contributed by atoms with E-state index in [1.54, 1.807) is 6.07 Å². The monoisotopic (exact) mass is 261 g/mol. The first kappa shape index (κ1) is 11.4. The lowest BCUT2D eigenvalue weighted by Gasteiger charge is -2.16. The van der Waals surface area contributed by atoms with Gasteiger partial charge in [0.1, 0.15) is 0 Å². The van der Waals surface area contributed by atoms with Crippen molar-refractivity contribution in [3.05, 3.63) is 34.3 Å². The third-order valence-electron chi connectivity index (χ3n) is 3.91. The van der Waals surface area contributed by atoms with Gasteiger partial charge in [0.15, 0.2) is 0 Å². The molecule has 92 valence electrons. The molecule has 1 heterocycles. The highest BCUT2D eigenvalue weighted by Gasteiger charge is 2.58. The summed E-state index contributed by atoms with van der Waals surface area (Å²) >= 11 is 5.61. The molecule has 1 aliphatic heterocycles. The Kier molecular flexibility index (Phi) is 2.26. The van der Waals surface area contributed by atoms with Gasteiger partial charge in [-0.3, -0.25) is 0 Å². The third kappa shape index (κ3) is 1.66. The number of alkyl halides is 3. The van der Waals surface area contributed by atoms with Crippen LogP contribution < -0.4 is 5.32 Å². The molecule has 1 saturated heterocycles. The van der Waals surface area contributed by atoms with E-state index in [0.29, 0.717) is 5.92 Å². The van der Waals surface area contributed by atoms with Crippen LogP contribution in [-0.2, 0) is 11.6 Å². The first-order valence-corrected chi connectivity index (χ1v) is 5.89. The van der Waals surface area contributed by atoms with Crippen LogP contribution in [0.3, 0.4) is 0 Å². The molecule has 1 nitrogen and oxygen atoms in total. The molecule has 0 amide bonds. The van der Waals surface area contributed by atoms with Crippen molar-refractivity contribution in [3.8, 4) is 0 Å². The van der Waals surface area contributed by atoms with E-state index in [4.69, 9.17) is 11.6 Å². The number of hydrogen-bond acceptors (Lipinski definition) is 1. The molecule has 0 bridgehead atoms. The molecular formula is C12H11ClF3N. The molecule has 1 unspecified atom stereocenters. The zero-order valence-electron chi connectivity index (χ0n) is 8.94. The average molecular weight is 262 g/mol. The Morgan fingerprint density at radius 3 is 2.65 bits per heavy atom. The van der Waals surface area contributed by atoms with E-state index in [0.717, 1.165) is 25.1 Å². The fourth-order valence-electron chi connectivity index (χ4n) is 2.84. The van der Waals surface area contributed by atoms with Crippen LogP contribution in [-0.4, -0.2) is 13.1 Å². The van der Waals surface area contributed by atoms with Gasteiger partial charge in [-0.25, -0.2) is 0 Å². The highest BCUT2D eigenvalue weighted by atomic mass is 35.5. The maximum Gasteiger partial charge on any atom is 0.417 e. The van der Waals surface area contributed by atoms with E-state index in [1.807, 2.05) is 0 Å². The second kappa shape index (κ2) is 3.39. The van der Waals surface area contributed by atoms with Gasteiger partial charge >= 0.3 is 6.18 Å². The van der Waals surface area contributed by atoms with Crippen LogP contribution >= 0.6 is 11.6 Å². The van der Waals surface area contributed by atoms with E-state index in [1.165, 1.54) is 12.1 Å². The van der Waals surface area contributed by atoms with E-state index < -0.39 is 11.7 Å². The summed E-state index contributed by atoms with van der Waals surface area (Å²) in [6.45, 7) is 1.68. The lowest BCUT2D eigenvalue weighted by Crippen LogP contribution is -2.20. The Hall–Kier alpha value is -0.740. The highest BCUT2D eigenvalue weighted by Crippen LogP contribution is 2.57. The molecule has 0 radical (unpaired) electrons. The number of fused-ring (bicyclic) bond motifs is 1. The molecule has 0 spiro atoms. The van der Waals surface area contributed by atoms with E-state index >= 15 is 0 Å².